The fourth-order valence-electron chi connectivity index (χ4n) is 1.70. The molecule has 0 aromatic heterocycles. The number of methoxy groups -OCH3 is 1. The van der Waals surface area contributed by atoms with Crippen LogP contribution < -0.4 is 14.1 Å². The molecule has 2 aromatic rings. The van der Waals surface area contributed by atoms with Crippen molar-refractivity contribution in [3.8, 4) is 17.2 Å². The number of hydrogen-bond donors (Lipinski definition) is 2. The highest BCUT2D eigenvalue weighted by Crippen LogP contribution is 2.31. The van der Waals surface area contributed by atoms with Crippen LogP contribution in [0.15, 0.2) is 48.5 Å². The Morgan fingerprint density at radius 3 is 2.40 bits per heavy atom. The van der Waals surface area contributed by atoms with Crippen molar-refractivity contribution in [2.75, 3.05) is 7.11 Å². The molecule has 20 heavy (non-hydrogen) atoms. The molecule has 0 unspecified atom stereocenters. The molecule has 0 heterocycles. The highest BCUT2D eigenvalue weighted by Gasteiger charge is 2.13. The quantitative estimate of drug-likeness (QED) is 0.783. The summed E-state index contributed by atoms with van der Waals surface area (Å²) >= 11 is 0. The molecule has 0 amide bonds. The van der Waals surface area contributed by atoms with Crippen LogP contribution >= 0.6 is 0 Å². The number of benzene rings is 2. The molecule has 6 heteroatoms. The van der Waals surface area contributed by atoms with Gasteiger partial charge in [0.05, 0.1) is 7.11 Å². The van der Waals surface area contributed by atoms with Crippen LogP contribution in [0.3, 0.4) is 0 Å². The molecule has 0 fully saturated rings. The van der Waals surface area contributed by atoms with Crippen LogP contribution in [0.25, 0.3) is 0 Å². The Labute approximate surface area is 117 Å². The fourth-order valence-corrected chi connectivity index (χ4v) is 1.70. The van der Waals surface area contributed by atoms with E-state index < -0.39 is 7.32 Å². The van der Waals surface area contributed by atoms with E-state index >= 15 is 0 Å². The van der Waals surface area contributed by atoms with Crippen LogP contribution in [-0.4, -0.2) is 24.5 Å². The van der Waals surface area contributed by atoms with Crippen LogP contribution in [0.1, 0.15) is 5.56 Å². The zero-order valence-electron chi connectivity index (χ0n) is 11.0. The molecule has 0 atom stereocenters. The van der Waals surface area contributed by atoms with Gasteiger partial charge in [0.15, 0.2) is 11.5 Å². The third-order valence-electron chi connectivity index (χ3n) is 2.61. The molecule has 0 aliphatic rings. The number of rotatable bonds is 6. The Hall–Kier alpha value is -2.18. The van der Waals surface area contributed by atoms with Gasteiger partial charge in [0, 0.05) is 6.07 Å². The molecule has 0 spiro atoms. The lowest BCUT2D eigenvalue weighted by Gasteiger charge is -2.12. The van der Waals surface area contributed by atoms with Gasteiger partial charge in [-0.15, -0.1) is 0 Å². The summed E-state index contributed by atoms with van der Waals surface area (Å²) in [5.74, 6) is 1.29. The predicted molar refractivity (Wildman–Crippen MR) is 74.6 cm³/mol. The van der Waals surface area contributed by atoms with E-state index in [-0.39, 0.29) is 5.75 Å². The molecular weight excluding hydrogens is 259 g/mol. The molecule has 0 aliphatic carbocycles. The van der Waals surface area contributed by atoms with Gasteiger partial charge in [0.1, 0.15) is 12.4 Å². The Balaban J connectivity index is 2.07. The third-order valence-corrected chi connectivity index (χ3v) is 2.61. The smallest absolute Gasteiger partial charge is 0.512 e. The maximum Gasteiger partial charge on any atom is 0.707 e. The van der Waals surface area contributed by atoms with E-state index in [9.17, 15) is 0 Å². The predicted octanol–water partition coefficient (Wildman–Crippen LogP) is 1.62. The fraction of sp³-hybridized carbons (Fsp3) is 0.143. The van der Waals surface area contributed by atoms with Gasteiger partial charge in [0.25, 0.3) is 0 Å². The monoisotopic (exact) mass is 274 g/mol. The maximum atomic E-state index is 8.75. The second kappa shape index (κ2) is 6.84. The van der Waals surface area contributed by atoms with Gasteiger partial charge in [-0.3, -0.25) is 0 Å². The van der Waals surface area contributed by atoms with Gasteiger partial charge in [-0.25, -0.2) is 0 Å². The van der Waals surface area contributed by atoms with E-state index in [0.29, 0.717) is 18.1 Å². The highest BCUT2D eigenvalue weighted by atomic mass is 16.6. The minimum absolute atomic E-state index is 0.281. The third kappa shape index (κ3) is 3.91. The topological polar surface area (TPSA) is 68.2 Å². The number of hydrogen-bond acceptors (Lipinski definition) is 5. The number of ether oxygens (including phenoxy) is 2. The van der Waals surface area contributed by atoms with Gasteiger partial charge < -0.3 is 24.2 Å². The van der Waals surface area contributed by atoms with Gasteiger partial charge in [-0.1, -0.05) is 30.3 Å². The molecule has 2 aromatic carbocycles. The van der Waals surface area contributed by atoms with Crippen LogP contribution in [0.5, 0.6) is 17.2 Å². The molecule has 0 aliphatic heterocycles. The first-order valence-corrected chi connectivity index (χ1v) is 6.06. The summed E-state index contributed by atoms with van der Waals surface area (Å²) < 4.78 is 15.6. The summed E-state index contributed by atoms with van der Waals surface area (Å²) in [5, 5.41) is 17.5. The zero-order chi connectivity index (χ0) is 14.4. The largest absolute Gasteiger partial charge is 0.707 e. The molecule has 2 N–H and O–H groups in total. The Kier molecular flexibility index (Phi) is 4.87. The van der Waals surface area contributed by atoms with Gasteiger partial charge >= 0.3 is 7.32 Å². The average Bonchev–Trinajstić information content (AvgIpc) is 2.46. The van der Waals surface area contributed by atoms with E-state index in [1.807, 2.05) is 30.3 Å². The van der Waals surface area contributed by atoms with E-state index in [0.717, 1.165) is 5.56 Å². The molecule has 0 saturated heterocycles. The van der Waals surface area contributed by atoms with Crippen molar-refractivity contribution in [1.82, 2.24) is 0 Å². The van der Waals surface area contributed by atoms with E-state index in [1.165, 1.54) is 13.2 Å². The molecule has 5 nitrogen and oxygen atoms in total. The zero-order valence-corrected chi connectivity index (χ0v) is 11.0. The first-order valence-electron chi connectivity index (χ1n) is 6.06. The summed E-state index contributed by atoms with van der Waals surface area (Å²) in [7, 11) is -0.361. The van der Waals surface area contributed by atoms with Gasteiger partial charge in [-0.05, 0) is 17.7 Å². The van der Waals surface area contributed by atoms with Crippen molar-refractivity contribution in [1.29, 1.82) is 0 Å². The van der Waals surface area contributed by atoms with Gasteiger partial charge in [0.2, 0.25) is 0 Å². The second-order valence-corrected chi connectivity index (χ2v) is 4.03. The summed E-state index contributed by atoms with van der Waals surface area (Å²) in [6.07, 6.45) is 0. The van der Waals surface area contributed by atoms with Crippen LogP contribution in [-0.2, 0) is 6.61 Å². The summed E-state index contributed by atoms with van der Waals surface area (Å²) in [6.45, 7) is 0.417. The van der Waals surface area contributed by atoms with Crippen molar-refractivity contribution in [2.24, 2.45) is 0 Å². The van der Waals surface area contributed by atoms with E-state index in [2.05, 4.69) is 0 Å². The summed E-state index contributed by atoms with van der Waals surface area (Å²) in [4.78, 5) is 0. The van der Waals surface area contributed by atoms with Crippen molar-refractivity contribution in [3.05, 3.63) is 54.1 Å². The first-order chi connectivity index (χ1) is 9.69. The van der Waals surface area contributed by atoms with Crippen LogP contribution in [0, 0.1) is 0 Å². The summed E-state index contributed by atoms with van der Waals surface area (Å²) in [5.41, 5.74) is 1.04. The molecule has 104 valence electrons. The Morgan fingerprint density at radius 2 is 1.75 bits per heavy atom. The standard InChI is InChI=1S/C14H15BO5/c1-18-14-9-12(20-15(16)17)7-8-13(14)19-10-11-5-3-2-4-6-11/h2-9,16-17H,10H2,1H3. The molecule has 0 saturated carbocycles. The van der Waals surface area contributed by atoms with Crippen LogP contribution in [0.4, 0.5) is 0 Å². The minimum Gasteiger partial charge on any atom is -0.512 e. The van der Waals surface area contributed by atoms with Crippen molar-refractivity contribution in [2.45, 2.75) is 6.61 Å². The Bertz CT molecular complexity index is 545. The van der Waals surface area contributed by atoms with Gasteiger partial charge in [-0.2, -0.15) is 0 Å². The van der Waals surface area contributed by atoms with Crippen molar-refractivity contribution < 1.29 is 24.2 Å². The van der Waals surface area contributed by atoms with Crippen molar-refractivity contribution >= 4 is 7.32 Å². The summed E-state index contributed by atoms with van der Waals surface area (Å²) in [6, 6.07) is 14.5. The maximum absolute atomic E-state index is 8.75. The minimum atomic E-state index is -1.87. The molecular formula is C14H15BO5. The lowest BCUT2D eigenvalue weighted by atomic mass is 10.2. The normalized spacial score (nSPS) is 9.95. The van der Waals surface area contributed by atoms with Crippen LogP contribution in [0.2, 0.25) is 0 Å². The molecule has 0 bridgehead atoms. The Morgan fingerprint density at radius 1 is 1.00 bits per heavy atom. The first kappa shape index (κ1) is 14.2. The SMILES string of the molecule is COc1cc(OB(O)O)ccc1OCc1ccccc1. The average molecular weight is 274 g/mol. The molecule has 2 rings (SSSR count). The highest BCUT2D eigenvalue weighted by molar-refractivity contribution is 6.33. The van der Waals surface area contributed by atoms with Crippen molar-refractivity contribution in [3.63, 3.8) is 0 Å². The van der Waals surface area contributed by atoms with E-state index in [1.54, 1.807) is 12.1 Å². The molecule has 0 radical (unpaired) electrons. The lowest BCUT2D eigenvalue weighted by molar-refractivity contribution is 0.277. The second-order valence-electron chi connectivity index (χ2n) is 4.03. The lowest BCUT2D eigenvalue weighted by Crippen LogP contribution is -2.20. The van der Waals surface area contributed by atoms with E-state index in [4.69, 9.17) is 24.2 Å².